The molecule has 0 aromatic heterocycles. The minimum absolute atomic E-state index is 0. The molecule has 0 amide bonds. The molecule has 1 aliphatic heterocycles. The van der Waals surface area contributed by atoms with Crippen LogP contribution in [0.3, 0.4) is 0 Å². The van der Waals surface area contributed by atoms with E-state index in [2.05, 4.69) is 22.1 Å². The average molecular weight is 432 g/mol. The second-order valence-corrected chi connectivity index (χ2v) is 6.03. The molecule has 130 valence electrons. The van der Waals surface area contributed by atoms with Crippen LogP contribution in [0.2, 0.25) is 0 Å². The smallest absolute Gasteiger partial charge is 0.193 e. The summed E-state index contributed by atoms with van der Waals surface area (Å²) in [4.78, 5) is 6.92. The number of anilines is 1. The van der Waals surface area contributed by atoms with Gasteiger partial charge in [-0.2, -0.15) is 0 Å². The van der Waals surface area contributed by atoms with Crippen LogP contribution < -0.4 is 11.1 Å². The number of rotatable bonds is 6. The number of methoxy groups -OCH3 is 1. The lowest BCUT2D eigenvalue weighted by atomic mass is 10.0. The Bertz CT molecular complexity index is 495. The number of hydrogen-bond acceptors (Lipinski definition) is 3. The van der Waals surface area contributed by atoms with Crippen LogP contribution in [0, 0.1) is 5.92 Å². The largest absolute Gasteiger partial charge is 0.380 e. The Hall–Kier alpha value is -0.860. The van der Waals surface area contributed by atoms with E-state index in [0.717, 1.165) is 30.3 Å². The molecule has 1 saturated heterocycles. The Morgan fingerprint density at radius 1 is 1.43 bits per heavy atom. The van der Waals surface area contributed by atoms with Gasteiger partial charge in [0.25, 0.3) is 0 Å². The molecule has 1 aromatic carbocycles. The number of nitrogens with two attached hydrogens (primary N) is 1. The first kappa shape index (κ1) is 20.2. The van der Waals surface area contributed by atoms with Gasteiger partial charge in [0.2, 0.25) is 0 Å². The summed E-state index contributed by atoms with van der Waals surface area (Å²) in [6.07, 6.45) is 2.64. The lowest BCUT2D eigenvalue weighted by Crippen LogP contribution is -2.36. The van der Waals surface area contributed by atoms with Gasteiger partial charge in [-0.15, -0.1) is 24.0 Å². The summed E-state index contributed by atoms with van der Waals surface area (Å²) in [5.41, 5.74) is 8.03. The van der Waals surface area contributed by atoms with E-state index in [1.807, 2.05) is 24.3 Å². The van der Waals surface area contributed by atoms with Crippen molar-refractivity contribution in [3.05, 3.63) is 29.8 Å². The predicted octanol–water partition coefficient (Wildman–Crippen LogP) is 2.91. The summed E-state index contributed by atoms with van der Waals surface area (Å²) in [6.45, 7) is 6.95. The number of halogens is 1. The highest BCUT2D eigenvalue weighted by molar-refractivity contribution is 14.0. The maximum absolute atomic E-state index is 5.99. The highest BCUT2D eigenvalue weighted by atomic mass is 127. The monoisotopic (exact) mass is 432 g/mol. The molecule has 6 heteroatoms. The van der Waals surface area contributed by atoms with Gasteiger partial charge in [-0.3, -0.25) is 4.99 Å². The van der Waals surface area contributed by atoms with Crippen LogP contribution in [0.15, 0.2) is 29.3 Å². The highest BCUT2D eigenvalue weighted by Crippen LogP contribution is 2.16. The molecule has 3 N–H and O–H groups in total. The highest BCUT2D eigenvalue weighted by Gasteiger charge is 2.15. The molecule has 1 atom stereocenters. The topological polar surface area (TPSA) is 62.9 Å². The predicted molar refractivity (Wildman–Crippen MR) is 108 cm³/mol. The molecular weight excluding hydrogens is 403 g/mol. The van der Waals surface area contributed by atoms with Crippen molar-refractivity contribution in [1.82, 2.24) is 4.90 Å². The number of likely N-dealkylation sites (tertiary alicyclic amines) is 1. The quantitative estimate of drug-likeness (QED) is 0.412. The van der Waals surface area contributed by atoms with Gasteiger partial charge in [0.05, 0.1) is 13.2 Å². The molecule has 0 radical (unpaired) electrons. The molecule has 1 fully saturated rings. The molecule has 0 bridgehead atoms. The number of nitrogens with zero attached hydrogens (tertiary/aromatic N) is 2. The standard InChI is InChI=1S/C17H28N4O.HI/c1-14-6-5-10-21(12-14)11-9-19-17(18)20-16-8-4-3-7-15(16)13-22-2;/h3-4,7-8,14H,5-6,9-13H2,1-2H3,(H3,18,19,20);1H. The van der Waals surface area contributed by atoms with Crippen molar-refractivity contribution in [2.24, 2.45) is 16.6 Å². The second-order valence-electron chi connectivity index (χ2n) is 6.03. The Morgan fingerprint density at radius 2 is 2.22 bits per heavy atom. The molecule has 1 aliphatic rings. The third kappa shape index (κ3) is 7.05. The third-order valence-electron chi connectivity index (χ3n) is 4.02. The van der Waals surface area contributed by atoms with Crippen LogP contribution in [-0.2, 0) is 11.3 Å². The number of benzene rings is 1. The van der Waals surface area contributed by atoms with Crippen molar-refractivity contribution in [3.63, 3.8) is 0 Å². The molecule has 1 unspecified atom stereocenters. The van der Waals surface area contributed by atoms with Crippen LogP contribution >= 0.6 is 24.0 Å². The molecule has 0 spiro atoms. The van der Waals surface area contributed by atoms with Gasteiger partial charge < -0.3 is 20.7 Å². The van der Waals surface area contributed by atoms with Gasteiger partial charge in [-0.05, 0) is 31.4 Å². The molecule has 0 aliphatic carbocycles. The lowest BCUT2D eigenvalue weighted by Gasteiger charge is -2.30. The molecular formula is C17H29IN4O. The second kappa shape index (κ2) is 10.8. The SMILES string of the molecule is COCc1ccccc1NC(N)=NCCN1CCCC(C)C1.I. The van der Waals surface area contributed by atoms with Crippen LogP contribution in [0.4, 0.5) is 5.69 Å². The number of para-hydroxylation sites is 1. The molecule has 1 heterocycles. The van der Waals surface area contributed by atoms with E-state index in [4.69, 9.17) is 10.5 Å². The summed E-state index contributed by atoms with van der Waals surface area (Å²) in [6, 6.07) is 7.98. The molecule has 23 heavy (non-hydrogen) atoms. The van der Waals surface area contributed by atoms with Crippen molar-refractivity contribution in [3.8, 4) is 0 Å². The van der Waals surface area contributed by atoms with E-state index >= 15 is 0 Å². The first-order chi connectivity index (χ1) is 10.7. The maximum atomic E-state index is 5.99. The fourth-order valence-electron chi connectivity index (χ4n) is 2.90. The van der Waals surface area contributed by atoms with Crippen molar-refractivity contribution in [2.75, 3.05) is 38.6 Å². The molecule has 0 saturated carbocycles. The van der Waals surface area contributed by atoms with E-state index in [0.29, 0.717) is 12.6 Å². The zero-order valence-electron chi connectivity index (χ0n) is 14.1. The first-order valence-corrected chi connectivity index (χ1v) is 8.05. The fourth-order valence-corrected chi connectivity index (χ4v) is 2.90. The van der Waals surface area contributed by atoms with Gasteiger partial charge in [0.15, 0.2) is 5.96 Å². The van der Waals surface area contributed by atoms with E-state index < -0.39 is 0 Å². The van der Waals surface area contributed by atoms with Crippen molar-refractivity contribution in [1.29, 1.82) is 0 Å². The summed E-state index contributed by atoms with van der Waals surface area (Å²) in [7, 11) is 1.69. The van der Waals surface area contributed by atoms with Gasteiger partial charge >= 0.3 is 0 Å². The maximum Gasteiger partial charge on any atom is 0.193 e. The molecule has 1 aromatic rings. The molecule has 5 nitrogen and oxygen atoms in total. The summed E-state index contributed by atoms with van der Waals surface area (Å²) in [5.74, 6) is 1.27. The Kier molecular flexibility index (Phi) is 9.50. The van der Waals surface area contributed by atoms with Gasteiger partial charge in [0.1, 0.15) is 0 Å². The zero-order chi connectivity index (χ0) is 15.8. The summed E-state index contributed by atoms with van der Waals surface area (Å²) < 4.78 is 5.19. The van der Waals surface area contributed by atoms with E-state index in [-0.39, 0.29) is 24.0 Å². The summed E-state index contributed by atoms with van der Waals surface area (Å²) in [5, 5.41) is 3.17. The minimum atomic E-state index is 0. The van der Waals surface area contributed by atoms with E-state index in [1.54, 1.807) is 7.11 Å². The van der Waals surface area contributed by atoms with Gasteiger partial charge in [-0.1, -0.05) is 25.1 Å². The first-order valence-electron chi connectivity index (χ1n) is 8.05. The van der Waals surface area contributed by atoms with Crippen LogP contribution in [0.1, 0.15) is 25.3 Å². The minimum Gasteiger partial charge on any atom is -0.380 e. The Balaban J connectivity index is 0.00000264. The normalized spacial score (nSPS) is 19.2. The van der Waals surface area contributed by atoms with Crippen LogP contribution in [0.5, 0.6) is 0 Å². The number of ether oxygens (including phenoxy) is 1. The number of guanidine groups is 1. The Morgan fingerprint density at radius 3 is 2.96 bits per heavy atom. The van der Waals surface area contributed by atoms with E-state index in [1.165, 1.54) is 25.9 Å². The van der Waals surface area contributed by atoms with Crippen molar-refractivity contribution in [2.45, 2.75) is 26.4 Å². The van der Waals surface area contributed by atoms with Crippen LogP contribution in [-0.4, -0.2) is 44.1 Å². The van der Waals surface area contributed by atoms with Crippen molar-refractivity contribution < 1.29 is 4.74 Å². The van der Waals surface area contributed by atoms with Crippen LogP contribution in [0.25, 0.3) is 0 Å². The number of hydrogen-bond donors (Lipinski definition) is 2. The average Bonchev–Trinajstić information content (AvgIpc) is 2.49. The van der Waals surface area contributed by atoms with E-state index in [9.17, 15) is 0 Å². The van der Waals surface area contributed by atoms with Crippen molar-refractivity contribution >= 4 is 35.6 Å². The molecule has 2 rings (SSSR count). The summed E-state index contributed by atoms with van der Waals surface area (Å²) >= 11 is 0. The zero-order valence-corrected chi connectivity index (χ0v) is 16.5. The number of nitrogens with one attached hydrogen (secondary N) is 1. The fraction of sp³-hybridized carbons (Fsp3) is 0.588. The van der Waals surface area contributed by atoms with Gasteiger partial charge in [0, 0.05) is 31.5 Å². The Labute approximate surface area is 156 Å². The third-order valence-corrected chi connectivity index (χ3v) is 4.02. The number of piperidine rings is 1. The van der Waals surface area contributed by atoms with Gasteiger partial charge in [-0.25, -0.2) is 0 Å². The lowest BCUT2D eigenvalue weighted by molar-refractivity contribution is 0.185. The number of aliphatic imine (C=N–C) groups is 1.